The van der Waals surface area contributed by atoms with Crippen LogP contribution in [0.15, 0.2) is 54.4 Å². The van der Waals surface area contributed by atoms with Crippen LogP contribution in [-0.2, 0) is 0 Å². The maximum Gasteiger partial charge on any atom is 0.0744 e. The van der Waals surface area contributed by atoms with Gasteiger partial charge in [0.15, 0.2) is 0 Å². The lowest BCUT2D eigenvalue weighted by Crippen LogP contribution is -1.91. The Morgan fingerprint density at radius 3 is 2.52 bits per heavy atom. The minimum Gasteiger partial charge on any atom is -0.265 e. The first-order valence-electron chi connectivity index (χ1n) is 7.11. The molecule has 2 aromatic heterocycles. The molecule has 0 unspecified atom stereocenters. The zero-order valence-electron chi connectivity index (χ0n) is 12.6. The Kier molecular flexibility index (Phi) is 3.53. The van der Waals surface area contributed by atoms with E-state index < -0.39 is 0 Å². The number of pyridine rings is 2. The van der Waals surface area contributed by atoms with Crippen molar-refractivity contribution < 1.29 is 0 Å². The van der Waals surface area contributed by atoms with Crippen molar-refractivity contribution in [3.63, 3.8) is 0 Å². The zero-order valence-corrected chi connectivity index (χ0v) is 12.6. The molecule has 1 aromatic carbocycles. The van der Waals surface area contributed by atoms with E-state index in [2.05, 4.69) is 56.1 Å². The third kappa shape index (κ3) is 2.70. The lowest BCUT2D eigenvalue weighted by molar-refractivity contribution is 1.30. The summed E-state index contributed by atoms with van der Waals surface area (Å²) in [4.78, 5) is 8.94. The highest BCUT2D eigenvalue weighted by Gasteiger charge is 2.07. The molecule has 104 valence electrons. The third-order valence-corrected chi connectivity index (χ3v) is 3.49. The van der Waals surface area contributed by atoms with Gasteiger partial charge in [0.05, 0.1) is 11.2 Å². The van der Waals surface area contributed by atoms with Crippen LogP contribution in [0.3, 0.4) is 0 Å². The molecule has 2 heteroatoms. The quantitative estimate of drug-likeness (QED) is 0.655. The second-order valence-corrected chi connectivity index (χ2v) is 5.53. The van der Waals surface area contributed by atoms with E-state index in [1.165, 1.54) is 22.1 Å². The highest BCUT2D eigenvalue weighted by atomic mass is 14.7. The van der Waals surface area contributed by atoms with Gasteiger partial charge in [-0.3, -0.25) is 4.98 Å². The normalized spacial score (nSPS) is 10.6. The van der Waals surface area contributed by atoms with Gasteiger partial charge in [0.1, 0.15) is 0 Å². The fraction of sp³-hybridized carbons (Fsp3) is 0.158. The Morgan fingerprint density at radius 2 is 1.81 bits per heavy atom. The first-order valence-corrected chi connectivity index (χ1v) is 7.11. The summed E-state index contributed by atoms with van der Waals surface area (Å²) in [6.45, 7) is 6.35. The molecule has 0 bridgehead atoms. The van der Waals surface area contributed by atoms with E-state index in [1.807, 2.05) is 12.1 Å². The van der Waals surface area contributed by atoms with Crippen LogP contribution in [0, 0.1) is 6.92 Å². The number of hydrogen-bond donors (Lipinski definition) is 0. The van der Waals surface area contributed by atoms with Gasteiger partial charge in [0, 0.05) is 23.3 Å². The van der Waals surface area contributed by atoms with Gasteiger partial charge in [-0.15, -0.1) is 0 Å². The van der Waals surface area contributed by atoms with E-state index in [0.717, 1.165) is 16.8 Å². The summed E-state index contributed by atoms with van der Waals surface area (Å²) < 4.78 is 0. The summed E-state index contributed by atoms with van der Waals surface area (Å²) >= 11 is 0. The smallest absolute Gasteiger partial charge is 0.0744 e. The van der Waals surface area contributed by atoms with Crippen LogP contribution in [0.4, 0.5) is 0 Å². The van der Waals surface area contributed by atoms with Gasteiger partial charge in [-0.2, -0.15) is 0 Å². The van der Waals surface area contributed by atoms with E-state index >= 15 is 0 Å². The van der Waals surface area contributed by atoms with Crippen molar-refractivity contribution in [3.05, 3.63) is 65.5 Å². The number of aromatic nitrogens is 2. The van der Waals surface area contributed by atoms with Gasteiger partial charge in [-0.1, -0.05) is 29.8 Å². The topological polar surface area (TPSA) is 25.8 Å². The van der Waals surface area contributed by atoms with Crippen LogP contribution in [-0.4, -0.2) is 9.97 Å². The lowest BCUT2D eigenvalue weighted by Gasteiger charge is -2.09. The summed E-state index contributed by atoms with van der Waals surface area (Å²) in [5, 5.41) is 1.20. The molecule has 3 rings (SSSR count). The van der Waals surface area contributed by atoms with Crippen LogP contribution < -0.4 is 0 Å². The SMILES string of the molecule is CC(C)=Cc1cc(-c2ccncc2)nc2c(C)cccc12. The monoisotopic (exact) mass is 274 g/mol. The van der Waals surface area contributed by atoms with Crippen LogP contribution in [0.25, 0.3) is 28.2 Å². The number of benzene rings is 1. The van der Waals surface area contributed by atoms with Crippen LogP contribution >= 0.6 is 0 Å². The summed E-state index contributed by atoms with van der Waals surface area (Å²) in [6, 6.07) is 12.5. The molecule has 3 aromatic rings. The molecule has 0 aliphatic rings. The minimum absolute atomic E-state index is 0.992. The van der Waals surface area contributed by atoms with Crippen LogP contribution in [0.2, 0.25) is 0 Å². The number of aryl methyl sites for hydroxylation is 1. The van der Waals surface area contributed by atoms with Gasteiger partial charge < -0.3 is 0 Å². The molecule has 2 nitrogen and oxygen atoms in total. The van der Waals surface area contributed by atoms with Gasteiger partial charge in [0.2, 0.25) is 0 Å². The molecule has 0 N–H and O–H groups in total. The Labute approximate surface area is 125 Å². The van der Waals surface area contributed by atoms with Crippen molar-refractivity contribution in [1.29, 1.82) is 0 Å². The summed E-state index contributed by atoms with van der Waals surface area (Å²) in [6.07, 6.45) is 5.83. The maximum absolute atomic E-state index is 4.86. The number of allylic oxidation sites excluding steroid dienone is 1. The minimum atomic E-state index is 0.992. The molecule has 0 aliphatic carbocycles. The van der Waals surface area contributed by atoms with Gasteiger partial charge >= 0.3 is 0 Å². The van der Waals surface area contributed by atoms with Crippen molar-refractivity contribution >= 4 is 17.0 Å². The van der Waals surface area contributed by atoms with Gasteiger partial charge in [0.25, 0.3) is 0 Å². The predicted octanol–water partition coefficient (Wildman–Crippen LogP) is 5.03. The second kappa shape index (κ2) is 5.49. The number of hydrogen-bond acceptors (Lipinski definition) is 2. The largest absolute Gasteiger partial charge is 0.265 e. The molecule has 0 atom stereocenters. The van der Waals surface area contributed by atoms with E-state index in [-0.39, 0.29) is 0 Å². The maximum atomic E-state index is 4.86. The van der Waals surface area contributed by atoms with Gasteiger partial charge in [-0.05, 0) is 50.1 Å². The third-order valence-electron chi connectivity index (χ3n) is 3.49. The molecule has 0 amide bonds. The van der Waals surface area contributed by atoms with E-state index in [0.29, 0.717) is 0 Å². The molecule has 0 spiro atoms. The zero-order chi connectivity index (χ0) is 14.8. The molecule has 0 aliphatic heterocycles. The average Bonchev–Trinajstić information content (AvgIpc) is 2.48. The fourth-order valence-corrected chi connectivity index (χ4v) is 2.52. The Balaban J connectivity index is 2.33. The molecule has 0 radical (unpaired) electrons. The first-order chi connectivity index (χ1) is 10.1. The summed E-state index contributed by atoms with van der Waals surface area (Å²) in [5.74, 6) is 0. The van der Waals surface area contributed by atoms with Crippen LogP contribution in [0.5, 0.6) is 0 Å². The second-order valence-electron chi connectivity index (χ2n) is 5.53. The molecule has 21 heavy (non-hydrogen) atoms. The summed E-state index contributed by atoms with van der Waals surface area (Å²) in [7, 11) is 0. The average molecular weight is 274 g/mol. The predicted molar refractivity (Wildman–Crippen MR) is 89.0 cm³/mol. The van der Waals surface area contributed by atoms with E-state index in [1.54, 1.807) is 12.4 Å². The summed E-state index contributed by atoms with van der Waals surface area (Å²) in [5.41, 5.74) is 6.86. The molecule has 2 heterocycles. The molecule has 0 saturated carbocycles. The first kappa shape index (κ1) is 13.5. The number of rotatable bonds is 2. The van der Waals surface area contributed by atoms with Crippen LogP contribution in [0.1, 0.15) is 25.0 Å². The Hall–Kier alpha value is -2.48. The lowest BCUT2D eigenvalue weighted by atomic mass is 10.0. The van der Waals surface area contributed by atoms with Crippen molar-refractivity contribution in [3.8, 4) is 11.3 Å². The fourth-order valence-electron chi connectivity index (χ4n) is 2.52. The Morgan fingerprint density at radius 1 is 1.05 bits per heavy atom. The van der Waals surface area contributed by atoms with Crippen molar-refractivity contribution in [2.75, 3.05) is 0 Å². The number of nitrogens with zero attached hydrogens (tertiary/aromatic N) is 2. The molecular formula is C19H18N2. The number of para-hydroxylation sites is 1. The molecular weight excluding hydrogens is 256 g/mol. The standard InChI is InChI=1S/C19H18N2/c1-13(2)11-16-12-18(15-7-9-20-10-8-15)21-19-14(3)5-4-6-17(16)19/h4-12H,1-3H3. The van der Waals surface area contributed by atoms with Crippen molar-refractivity contribution in [2.45, 2.75) is 20.8 Å². The van der Waals surface area contributed by atoms with Crippen molar-refractivity contribution in [2.24, 2.45) is 0 Å². The highest BCUT2D eigenvalue weighted by molar-refractivity contribution is 5.92. The van der Waals surface area contributed by atoms with Gasteiger partial charge in [-0.25, -0.2) is 4.98 Å². The Bertz CT molecular complexity index is 814. The molecule has 0 fully saturated rings. The van der Waals surface area contributed by atoms with E-state index in [9.17, 15) is 0 Å². The van der Waals surface area contributed by atoms with E-state index in [4.69, 9.17) is 4.98 Å². The molecule has 0 saturated heterocycles. The highest BCUT2D eigenvalue weighted by Crippen LogP contribution is 2.27. The number of fused-ring (bicyclic) bond motifs is 1. The van der Waals surface area contributed by atoms with Crippen molar-refractivity contribution in [1.82, 2.24) is 9.97 Å².